The van der Waals surface area contributed by atoms with E-state index in [0.29, 0.717) is 0 Å². The Balaban J connectivity index is 2.47. The summed E-state index contributed by atoms with van der Waals surface area (Å²) in [5, 5.41) is 17.1. The zero-order chi connectivity index (χ0) is 11.1. The normalized spacial score (nSPS) is 11.1. The molecule has 3 nitrogen and oxygen atoms in total. The van der Waals surface area contributed by atoms with Gasteiger partial charge >= 0.3 is 0 Å². The van der Waals surface area contributed by atoms with Gasteiger partial charge in [-0.25, -0.2) is 0 Å². The van der Waals surface area contributed by atoms with Gasteiger partial charge in [-0.3, -0.25) is 0 Å². The molecule has 0 spiro atoms. The van der Waals surface area contributed by atoms with Crippen LogP contribution < -0.4 is 4.74 Å². The molecule has 1 rings (SSSR count). The molecule has 0 amide bonds. The second-order valence-electron chi connectivity index (χ2n) is 3.31. The Morgan fingerprint density at radius 2 is 1.93 bits per heavy atom. The predicted octanol–water partition coefficient (Wildman–Crippen LogP) is 2.43. The Morgan fingerprint density at radius 1 is 1.27 bits per heavy atom. The van der Waals surface area contributed by atoms with Gasteiger partial charge in [-0.15, -0.1) is 0 Å². The van der Waals surface area contributed by atoms with Crippen LogP contribution >= 0.6 is 0 Å². The van der Waals surface area contributed by atoms with E-state index in [9.17, 15) is 0 Å². The highest BCUT2D eigenvalue weighted by Crippen LogP contribution is 2.13. The van der Waals surface area contributed by atoms with E-state index < -0.39 is 0 Å². The largest absolute Gasteiger partial charge is 0.492 e. The first-order valence-corrected chi connectivity index (χ1v) is 4.72. The molecule has 0 aromatic heterocycles. The van der Waals surface area contributed by atoms with Gasteiger partial charge in [-0.05, 0) is 19.1 Å². The second-order valence-corrected chi connectivity index (χ2v) is 3.31. The van der Waals surface area contributed by atoms with Crippen LogP contribution in [0.4, 0.5) is 0 Å². The average Bonchev–Trinajstić information content (AvgIpc) is 2.26. The van der Waals surface area contributed by atoms with Gasteiger partial charge in [0.1, 0.15) is 12.4 Å². The minimum absolute atomic E-state index is 0.211. The number of ether oxygens (including phenoxy) is 1. The van der Waals surface area contributed by atoms with Crippen LogP contribution in [0.5, 0.6) is 5.75 Å². The number of benzene rings is 1. The maximum absolute atomic E-state index is 8.70. The molecule has 0 saturated carbocycles. The van der Waals surface area contributed by atoms with E-state index in [1.807, 2.05) is 43.3 Å². The third-order valence-corrected chi connectivity index (χ3v) is 1.99. The molecule has 76 valence electrons. The minimum Gasteiger partial charge on any atom is -0.492 e. The van der Waals surface area contributed by atoms with Crippen LogP contribution in [0.3, 0.4) is 0 Å². The van der Waals surface area contributed by atoms with Gasteiger partial charge in [-0.2, -0.15) is 10.5 Å². The molecule has 0 aliphatic rings. The SMILES string of the molecule is Cc1ccc(OC[C@H](C#N)CC#N)cc1. The van der Waals surface area contributed by atoms with E-state index in [0.717, 1.165) is 11.3 Å². The summed E-state index contributed by atoms with van der Waals surface area (Å²) < 4.78 is 5.39. The van der Waals surface area contributed by atoms with Gasteiger partial charge in [0.2, 0.25) is 0 Å². The minimum atomic E-state index is -0.351. The number of hydrogen-bond donors (Lipinski definition) is 0. The Kier molecular flexibility index (Phi) is 4.19. The van der Waals surface area contributed by atoms with Crippen molar-refractivity contribution in [2.45, 2.75) is 13.3 Å². The lowest BCUT2D eigenvalue weighted by molar-refractivity contribution is 0.281. The van der Waals surface area contributed by atoms with Crippen LogP contribution in [0.2, 0.25) is 0 Å². The van der Waals surface area contributed by atoms with Gasteiger partial charge in [0, 0.05) is 0 Å². The molecule has 0 saturated heterocycles. The maximum atomic E-state index is 8.70. The standard InChI is InChI=1S/C12H12N2O/c1-10-2-4-12(5-3-10)15-9-11(8-14)6-7-13/h2-5,11H,6,9H2,1H3/t11-/m0/s1. The van der Waals surface area contributed by atoms with E-state index in [4.69, 9.17) is 15.3 Å². The summed E-state index contributed by atoms with van der Waals surface area (Å²) in [4.78, 5) is 0. The van der Waals surface area contributed by atoms with Crippen LogP contribution in [0.15, 0.2) is 24.3 Å². The van der Waals surface area contributed by atoms with Crippen LogP contribution in [0.25, 0.3) is 0 Å². The molecule has 3 heteroatoms. The predicted molar refractivity (Wildman–Crippen MR) is 56.0 cm³/mol. The highest BCUT2D eigenvalue weighted by molar-refractivity contribution is 5.26. The summed E-state index contributed by atoms with van der Waals surface area (Å²) in [6.45, 7) is 2.27. The molecule has 1 atom stereocenters. The zero-order valence-corrected chi connectivity index (χ0v) is 8.60. The number of aryl methyl sites for hydroxylation is 1. The fraction of sp³-hybridized carbons (Fsp3) is 0.333. The van der Waals surface area contributed by atoms with Crippen molar-refractivity contribution in [3.8, 4) is 17.9 Å². The molecule has 0 heterocycles. The summed E-state index contributed by atoms with van der Waals surface area (Å²) in [5.74, 6) is 0.384. The van der Waals surface area contributed by atoms with Crippen molar-refractivity contribution in [1.82, 2.24) is 0 Å². The molecule has 0 aliphatic heterocycles. The second kappa shape index (κ2) is 5.67. The van der Waals surface area contributed by atoms with Crippen LogP contribution in [-0.4, -0.2) is 6.61 Å². The molecule has 0 unspecified atom stereocenters. The van der Waals surface area contributed by atoms with Crippen LogP contribution in [-0.2, 0) is 0 Å². The third kappa shape index (κ3) is 3.70. The molecule has 0 N–H and O–H groups in total. The smallest absolute Gasteiger partial charge is 0.119 e. The summed E-state index contributed by atoms with van der Waals surface area (Å²) in [5.41, 5.74) is 1.16. The summed E-state index contributed by atoms with van der Waals surface area (Å²) in [6, 6.07) is 11.6. The van der Waals surface area contributed by atoms with E-state index in [2.05, 4.69) is 0 Å². The average molecular weight is 200 g/mol. The zero-order valence-electron chi connectivity index (χ0n) is 8.60. The van der Waals surface area contributed by atoms with Gasteiger partial charge in [0.15, 0.2) is 0 Å². The highest BCUT2D eigenvalue weighted by atomic mass is 16.5. The third-order valence-electron chi connectivity index (χ3n) is 1.99. The van der Waals surface area contributed by atoms with Gasteiger partial charge in [-0.1, -0.05) is 17.7 Å². The highest BCUT2D eigenvalue weighted by Gasteiger charge is 2.07. The molecular formula is C12H12N2O. The molecule has 0 radical (unpaired) electrons. The number of nitriles is 2. The van der Waals surface area contributed by atoms with Crippen molar-refractivity contribution < 1.29 is 4.74 Å². The van der Waals surface area contributed by atoms with Crippen molar-refractivity contribution in [1.29, 1.82) is 10.5 Å². The Bertz CT molecular complexity index is 384. The summed E-state index contributed by atoms with van der Waals surface area (Å²) >= 11 is 0. The first kappa shape index (κ1) is 11.1. The van der Waals surface area contributed by atoms with E-state index >= 15 is 0 Å². The Hall–Kier alpha value is -2.00. The Morgan fingerprint density at radius 3 is 2.47 bits per heavy atom. The monoisotopic (exact) mass is 200 g/mol. The molecule has 0 bridgehead atoms. The molecule has 1 aromatic carbocycles. The van der Waals surface area contributed by atoms with Crippen molar-refractivity contribution in [3.05, 3.63) is 29.8 Å². The first-order valence-electron chi connectivity index (χ1n) is 4.72. The summed E-state index contributed by atoms with van der Waals surface area (Å²) in [6.07, 6.45) is 0.211. The van der Waals surface area contributed by atoms with Crippen LogP contribution in [0.1, 0.15) is 12.0 Å². The molecular weight excluding hydrogens is 188 g/mol. The van der Waals surface area contributed by atoms with Gasteiger partial charge in [0.05, 0.1) is 24.5 Å². The van der Waals surface area contributed by atoms with Gasteiger partial charge < -0.3 is 4.74 Å². The van der Waals surface area contributed by atoms with E-state index in [1.165, 1.54) is 0 Å². The number of rotatable bonds is 4. The maximum Gasteiger partial charge on any atom is 0.119 e. The topological polar surface area (TPSA) is 56.8 Å². The Labute approximate surface area is 89.5 Å². The number of nitrogens with zero attached hydrogens (tertiary/aromatic N) is 2. The molecule has 1 aromatic rings. The van der Waals surface area contributed by atoms with Crippen molar-refractivity contribution in [2.24, 2.45) is 5.92 Å². The summed E-state index contributed by atoms with van der Waals surface area (Å²) in [7, 11) is 0. The van der Waals surface area contributed by atoms with E-state index in [1.54, 1.807) is 0 Å². The number of hydrogen-bond acceptors (Lipinski definition) is 3. The molecule has 0 aliphatic carbocycles. The molecule has 0 fully saturated rings. The first-order chi connectivity index (χ1) is 7.26. The lowest BCUT2D eigenvalue weighted by Gasteiger charge is -2.08. The van der Waals surface area contributed by atoms with Crippen molar-refractivity contribution in [3.63, 3.8) is 0 Å². The van der Waals surface area contributed by atoms with E-state index in [-0.39, 0.29) is 18.9 Å². The van der Waals surface area contributed by atoms with Crippen molar-refractivity contribution in [2.75, 3.05) is 6.61 Å². The van der Waals surface area contributed by atoms with Gasteiger partial charge in [0.25, 0.3) is 0 Å². The fourth-order valence-corrected chi connectivity index (χ4v) is 1.08. The quantitative estimate of drug-likeness (QED) is 0.750. The van der Waals surface area contributed by atoms with Crippen LogP contribution in [0, 0.1) is 35.5 Å². The lowest BCUT2D eigenvalue weighted by atomic mass is 10.1. The fourth-order valence-electron chi connectivity index (χ4n) is 1.08. The van der Waals surface area contributed by atoms with Crippen molar-refractivity contribution >= 4 is 0 Å². The lowest BCUT2D eigenvalue weighted by Crippen LogP contribution is -2.09. The molecule has 15 heavy (non-hydrogen) atoms.